The molecule has 0 radical (unpaired) electrons. The number of carbonyl (C=O) groups excluding carboxylic acids is 1. The van der Waals surface area contributed by atoms with Crippen LogP contribution in [0.3, 0.4) is 0 Å². The van der Waals surface area contributed by atoms with Gasteiger partial charge in [0.2, 0.25) is 11.0 Å². The van der Waals surface area contributed by atoms with Crippen LogP contribution in [-0.4, -0.2) is 59.9 Å². The molecule has 1 atom stereocenters. The lowest BCUT2D eigenvalue weighted by molar-refractivity contribution is -0.135. The molecule has 9 heteroatoms. The predicted octanol–water partition coefficient (Wildman–Crippen LogP) is 1.69. The van der Waals surface area contributed by atoms with Gasteiger partial charge in [-0.1, -0.05) is 0 Å². The number of furan rings is 1. The molecule has 2 aliphatic rings. The summed E-state index contributed by atoms with van der Waals surface area (Å²) in [5.41, 5.74) is 0.618. The molecule has 140 valence electrons. The van der Waals surface area contributed by atoms with Crippen molar-refractivity contribution < 1.29 is 17.6 Å². The molecule has 26 heavy (non-hydrogen) atoms. The van der Waals surface area contributed by atoms with Crippen molar-refractivity contribution in [1.82, 2.24) is 19.4 Å². The fourth-order valence-electron chi connectivity index (χ4n) is 3.68. The van der Waals surface area contributed by atoms with Gasteiger partial charge in [-0.2, -0.15) is 9.40 Å². The summed E-state index contributed by atoms with van der Waals surface area (Å²) in [6, 6.07) is 4.77. The maximum absolute atomic E-state index is 12.9. The molecule has 1 amide bonds. The Morgan fingerprint density at radius 3 is 2.69 bits per heavy atom. The largest absolute Gasteiger partial charge is 0.442 e. The summed E-state index contributed by atoms with van der Waals surface area (Å²) in [4.78, 5) is 14.5. The van der Waals surface area contributed by atoms with E-state index in [-0.39, 0.29) is 23.5 Å². The summed E-state index contributed by atoms with van der Waals surface area (Å²) in [7, 11) is -3.76. The topological polar surface area (TPSA) is 99.5 Å². The molecule has 0 bridgehead atoms. The van der Waals surface area contributed by atoms with E-state index < -0.39 is 10.0 Å². The Balaban J connectivity index is 1.51. The normalized spacial score (nSPS) is 22.0. The van der Waals surface area contributed by atoms with E-state index in [4.69, 9.17) is 4.42 Å². The fourth-order valence-corrected chi connectivity index (χ4v) is 5.12. The lowest BCUT2D eigenvalue weighted by Gasteiger charge is -2.32. The number of sulfonamides is 1. The molecule has 1 N–H and O–H groups in total. The maximum atomic E-state index is 12.9. The standard InChI is InChI=1S/C17H22N4O4S/c22-17(20-9-1-2-10-20)13-4-3-11-21(12-13)26(23,24)16-6-5-15(25-16)14-7-8-18-19-14/h5-8,13H,1-4,9-12H2,(H,18,19). The second-order valence-corrected chi connectivity index (χ2v) is 8.69. The molecule has 2 aromatic rings. The van der Waals surface area contributed by atoms with E-state index in [9.17, 15) is 13.2 Å². The van der Waals surface area contributed by atoms with Crippen LogP contribution >= 0.6 is 0 Å². The third-order valence-electron chi connectivity index (χ3n) is 5.09. The number of nitrogens with one attached hydrogen (secondary N) is 1. The summed E-state index contributed by atoms with van der Waals surface area (Å²) in [5.74, 6) is 0.237. The lowest BCUT2D eigenvalue weighted by Crippen LogP contribution is -2.46. The van der Waals surface area contributed by atoms with Gasteiger partial charge in [0.1, 0.15) is 5.69 Å². The number of rotatable bonds is 4. The number of nitrogens with zero attached hydrogens (tertiary/aromatic N) is 3. The molecule has 0 aliphatic carbocycles. The zero-order chi connectivity index (χ0) is 18.1. The molecular formula is C17H22N4O4S. The molecule has 8 nitrogen and oxygen atoms in total. The quantitative estimate of drug-likeness (QED) is 0.873. The van der Waals surface area contributed by atoms with Crippen LogP contribution in [-0.2, 0) is 14.8 Å². The number of aromatic amines is 1. The molecule has 0 aromatic carbocycles. The van der Waals surface area contributed by atoms with Crippen LogP contribution in [0.25, 0.3) is 11.5 Å². The fraction of sp³-hybridized carbons (Fsp3) is 0.529. The first kappa shape index (κ1) is 17.3. The number of H-pyrrole nitrogens is 1. The van der Waals surface area contributed by atoms with Crippen molar-refractivity contribution in [2.75, 3.05) is 26.2 Å². The highest BCUT2D eigenvalue weighted by Crippen LogP contribution is 2.29. The first-order valence-corrected chi connectivity index (χ1v) is 10.4. The second kappa shape index (κ2) is 6.88. The van der Waals surface area contributed by atoms with Crippen LogP contribution in [0.4, 0.5) is 0 Å². The van der Waals surface area contributed by atoms with E-state index in [0.717, 1.165) is 32.4 Å². The van der Waals surface area contributed by atoms with Crippen LogP contribution in [0.2, 0.25) is 0 Å². The molecule has 4 heterocycles. The van der Waals surface area contributed by atoms with Gasteiger partial charge >= 0.3 is 0 Å². The van der Waals surface area contributed by atoms with Gasteiger partial charge in [0.25, 0.3) is 10.0 Å². The highest BCUT2D eigenvalue weighted by molar-refractivity contribution is 7.89. The first-order chi connectivity index (χ1) is 12.6. The highest BCUT2D eigenvalue weighted by atomic mass is 32.2. The van der Waals surface area contributed by atoms with E-state index in [1.165, 1.54) is 10.4 Å². The van der Waals surface area contributed by atoms with Gasteiger partial charge in [0.15, 0.2) is 5.76 Å². The Bertz CT molecular complexity index is 868. The summed E-state index contributed by atoms with van der Waals surface area (Å²) in [6.45, 7) is 2.20. The lowest BCUT2D eigenvalue weighted by atomic mass is 9.98. The third kappa shape index (κ3) is 3.16. The Kier molecular flexibility index (Phi) is 4.58. The van der Waals surface area contributed by atoms with Crippen molar-refractivity contribution in [3.63, 3.8) is 0 Å². The van der Waals surface area contributed by atoms with Crippen molar-refractivity contribution in [2.45, 2.75) is 30.8 Å². The van der Waals surface area contributed by atoms with Crippen LogP contribution in [0, 0.1) is 5.92 Å². The van der Waals surface area contributed by atoms with E-state index in [1.54, 1.807) is 18.3 Å². The van der Waals surface area contributed by atoms with Gasteiger partial charge in [-0.05, 0) is 43.9 Å². The van der Waals surface area contributed by atoms with Crippen molar-refractivity contribution in [1.29, 1.82) is 0 Å². The van der Waals surface area contributed by atoms with Crippen molar-refractivity contribution in [2.24, 2.45) is 5.92 Å². The number of likely N-dealkylation sites (tertiary alicyclic amines) is 1. The number of hydrogen-bond acceptors (Lipinski definition) is 5. The average Bonchev–Trinajstić information content (AvgIpc) is 3.43. The Morgan fingerprint density at radius 1 is 1.15 bits per heavy atom. The number of amides is 1. The van der Waals surface area contributed by atoms with E-state index in [1.807, 2.05) is 4.90 Å². The minimum Gasteiger partial charge on any atom is -0.442 e. The molecule has 2 aromatic heterocycles. The molecule has 0 spiro atoms. The van der Waals surface area contributed by atoms with Gasteiger partial charge in [0.05, 0.1) is 5.92 Å². The molecule has 2 aliphatic heterocycles. The van der Waals surface area contributed by atoms with Crippen LogP contribution in [0.5, 0.6) is 0 Å². The third-order valence-corrected chi connectivity index (χ3v) is 6.83. The summed E-state index contributed by atoms with van der Waals surface area (Å²) in [5, 5.41) is 6.49. The van der Waals surface area contributed by atoms with E-state index in [2.05, 4.69) is 10.2 Å². The van der Waals surface area contributed by atoms with Crippen molar-refractivity contribution in [3.05, 3.63) is 24.4 Å². The van der Waals surface area contributed by atoms with E-state index in [0.29, 0.717) is 24.4 Å². The van der Waals surface area contributed by atoms with Gasteiger partial charge < -0.3 is 9.32 Å². The zero-order valence-electron chi connectivity index (χ0n) is 14.4. The van der Waals surface area contributed by atoms with Crippen LogP contribution < -0.4 is 0 Å². The minimum absolute atomic E-state index is 0.0833. The van der Waals surface area contributed by atoms with E-state index >= 15 is 0 Å². The van der Waals surface area contributed by atoms with Crippen LogP contribution in [0.15, 0.2) is 33.9 Å². The Morgan fingerprint density at radius 2 is 1.96 bits per heavy atom. The molecule has 2 saturated heterocycles. The minimum atomic E-state index is -3.76. The predicted molar refractivity (Wildman–Crippen MR) is 93.6 cm³/mol. The van der Waals surface area contributed by atoms with Crippen molar-refractivity contribution in [3.8, 4) is 11.5 Å². The zero-order valence-corrected chi connectivity index (χ0v) is 15.2. The molecular weight excluding hydrogens is 356 g/mol. The van der Waals surface area contributed by atoms with Gasteiger partial charge in [0, 0.05) is 32.4 Å². The second-order valence-electron chi connectivity index (χ2n) is 6.82. The molecule has 2 fully saturated rings. The number of aromatic nitrogens is 2. The number of hydrogen-bond donors (Lipinski definition) is 1. The Hall–Kier alpha value is -2.13. The van der Waals surface area contributed by atoms with Gasteiger partial charge in [-0.15, -0.1) is 0 Å². The number of piperidine rings is 1. The average molecular weight is 378 g/mol. The molecule has 4 rings (SSSR count). The number of carbonyl (C=O) groups is 1. The smallest absolute Gasteiger partial charge is 0.276 e. The summed E-state index contributed by atoms with van der Waals surface area (Å²) in [6.07, 6.45) is 5.05. The van der Waals surface area contributed by atoms with Crippen molar-refractivity contribution >= 4 is 15.9 Å². The first-order valence-electron chi connectivity index (χ1n) is 8.94. The Labute approximate surface area is 152 Å². The monoisotopic (exact) mass is 378 g/mol. The van der Waals surface area contributed by atoms with Gasteiger partial charge in [-0.25, -0.2) is 8.42 Å². The maximum Gasteiger partial charge on any atom is 0.276 e. The summed E-state index contributed by atoms with van der Waals surface area (Å²) >= 11 is 0. The SMILES string of the molecule is O=C(C1CCCN(S(=O)(=O)c2ccc(-c3ccn[nH]3)o2)C1)N1CCCC1. The summed E-state index contributed by atoms with van der Waals surface area (Å²) < 4.78 is 32.8. The molecule has 1 unspecified atom stereocenters. The van der Waals surface area contributed by atoms with Crippen LogP contribution in [0.1, 0.15) is 25.7 Å². The van der Waals surface area contributed by atoms with Gasteiger partial charge in [-0.3, -0.25) is 9.89 Å². The highest BCUT2D eigenvalue weighted by Gasteiger charge is 2.37. The molecule has 0 saturated carbocycles.